The van der Waals surface area contributed by atoms with E-state index in [1.807, 2.05) is 19.1 Å². The Labute approximate surface area is 73.7 Å². The van der Waals surface area contributed by atoms with Crippen molar-refractivity contribution in [1.29, 1.82) is 0 Å². The van der Waals surface area contributed by atoms with Gasteiger partial charge in [0.05, 0.1) is 6.26 Å². The van der Waals surface area contributed by atoms with E-state index in [4.69, 9.17) is 4.74 Å². The van der Waals surface area contributed by atoms with E-state index in [-0.39, 0.29) is 6.10 Å². The summed E-state index contributed by atoms with van der Waals surface area (Å²) in [5, 5.41) is 0. The highest BCUT2D eigenvalue weighted by Gasteiger charge is 2.07. The molecule has 0 saturated heterocycles. The number of hydrogen-bond acceptors (Lipinski definition) is 1. The summed E-state index contributed by atoms with van der Waals surface area (Å²) >= 11 is 0. The summed E-state index contributed by atoms with van der Waals surface area (Å²) in [5.41, 5.74) is 2.48. The Morgan fingerprint density at radius 2 is 2.08 bits per heavy atom. The number of ether oxygens (including phenoxy) is 1. The van der Waals surface area contributed by atoms with Crippen LogP contribution in [-0.2, 0) is 4.74 Å². The minimum absolute atomic E-state index is 0.116. The molecule has 1 unspecified atom stereocenters. The molecule has 1 rings (SSSR count). The number of allylic oxidation sites excluding steroid dienone is 5. The summed E-state index contributed by atoms with van der Waals surface area (Å²) in [4.78, 5) is 0. The van der Waals surface area contributed by atoms with E-state index in [1.165, 1.54) is 17.4 Å². The second kappa shape index (κ2) is 3.96. The topological polar surface area (TPSA) is 9.23 Å². The van der Waals surface area contributed by atoms with Gasteiger partial charge in [-0.25, -0.2) is 0 Å². The van der Waals surface area contributed by atoms with Crippen LogP contribution in [0.15, 0.2) is 48.3 Å². The van der Waals surface area contributed by atoms with Crippen LogP contribution in [0.4, 0.5) is 0 Å². The van der Waals surface area contributed by atoms with Crippen molar-refractivity contribution in [3.63, 3.8) is 0 Å². The molecule has 0 spiro atoms. The zero-order valence-corrected chi connectivity index (χ0v) is 7.58. The van der Waals surface area contributed by atoms with Crippen molar-refractivity contribution in [2.45, 2.75) is 20.0 Å². The van der Waals surface area contributed by atoms with Gasteiger partial charge < -0.3 is 4.74 Å². The molecule has 1 atom stereocenters. The van der Waals surface area contributed by atoms with Crippen LogP contribution in [0.25, 0.3) is 0 Å². The third kappa shape index (κ3) is 1.88. The smallest absolute Gasteiger partial charge is 0.117 e. The lowest BCUT2D eigenvalue weighted by Crippen LogP contribution is -2.06. The first kappa shape index (κ1) is 8.85. The third-order valence-electron chi connectivity index (χ3n) is 2.03. The maximum atomic E-state index is 5.25. The first-order valence-electron chi connectivity index (χ1n) is 4.07. The molecule has 0 N–H and O–H groups in total. The van der Waals surface area contributed by atoms with Crippen LogP contribution in [0.1, 0.15) is 13.8 Å². The van der Waals surface area contributed by atoms with Gasteiger partial charge in [-0.05, 0) is 25.0 Å². The highest BCUT2D eigenvalue weighted by Crippen LogP contribution is 2.17. The maximum Gasteiger partial charge on any atom is 0.117 e. The fourth-order valence-corrected chi connectivity index (χ4v) is 1.12. The van der Waals surface area contributed by atoms with Crippen molar-refractivity contribution in [2.24, 2.45) is 0 Å². The molecule has 1 heteroatoms. The van der Waals surface area contributed by atoms with Gasteiger partial charge in [-0.15, -0.1) is 0 Å². The quantitative estimate of drug-likeness (QED) is 0.580. The molecule has 0 heterocycles. The van der Waals surface area contributed by atoms with Crippen LogP contribution in [0.3, 0.4) is 0 Å². The molecule has 0 radical (unpaired) electrons. The van der Waals surface area contributed by atoms with E-state index in [1.54, 1.807) is 0 Å². The lowest BCUT2D eigenvalue weighted by molar-refractivity contribution is 0.194. The lowest BCUT2D eigenvalue weighted by Gasteiger charge is -2.12. The van der Waals surface area contributed by atoms with Crippen LogP contribution >= 0.6 is 0 Å². The zero-order chi connectivity index (χ0) is 8.97. The van der Waals surface area contributed by atoms with Crippen LogP contribution in [0, 0.1) is 0 Å². The van der Waals surface area contributed by atoms with Gasteiger partial charge in [-0.1, -0.05) is 30.9 Å². The van der Waals surface area contributed by atoms with Crippen molar-refractivity contribution in [3.05, 3.63) is 48.3 Å². The monoisotopic (exact) mass is 162 g/mol. The van der Waals surface area contributed by atoms with E-state index in [0.717, 1.165) is 0 Å². The molecule has 0 aromatic heterocycles. The zero-order valence-electron chi connectivity index (χ0n) is 7.58. The minimum Gasteiger partial charge on any atom is -0.495 e. The summed E-state index contributed by atoms with van der Waals surface area (Å²) in [6, 6.07) is 0. The van der Waals surface area contributed by atoms with E-state index in [2.05, 4.69) is 25.7 Å². The molecule has 0 aliphatic heterocycles. The Morgan fingerprint density at radius 1 is 1.50 bits per heavy atom. The van der Waals surface area contributed by atoms with Crippen LogP contribution in [0.5, 0.6) is 0 Å². The molecule has 0 aromatic carbocycles. The summed E-state index contributed by atoms with van der Waals surface area (Å²) in [7, 11) is 0. The predicted molar refractivity (Wildman–Crippen MR) is 51.7 cm³/mol. The fourth-order valence-electron chi connectivity index (χ4n) is 1.12. The number of rotatable bonds is 3. The van der Waals surface area contributed by atoms with Crippen molar-refractivity contribution in [3.8, 4) is 0 Å². The average Bonchev–Trinajstić information content (AvgIpc) is 2.55. The Balaban J connectivity index is 2.73. The van der Waals surface area contributed by atoms with Crippen molar-refractivity contribution >= 4 is 0 Å². The van der Waals surface area contributed by atoms with Crippen molar-refractivity contribution in [2.75, 3.05) is 0 Å². The molecular weight excluding hydrogens is 148 g/mol. The van der Waals surface area contributed by atoms with Gasteiger partial charge >= 0.3 is 0 Å². The molecular formula is C11H14O. The van der Waals surface area contributed by atoms with Gasteiger partial charge in [-0.3, -0.25) is 0 Å². The molecule has 1 aliphatic carbocycles. The molecule has 0 amide bonds. The molecule has 0 bridgehead atoms. The summed E-state index contributed by atoms with van der Waals surface area (Å²) in [6.07, 6.45) is 9.82. The Hall–Kier alpha value is -1.24. The predicted octanol–water partition coefficient (Wildman–Crippen LogP) is 2.98. The maximum absolute atomic E-state index is 5.25. The van der Waals surface area contributed by atoms with Gasteiger partial charge in [0.2, 0.25) is 0 Å². The summed E-state index contributed by atoms with van der Waals surface area (Å²) < 4.78 is 5.25. The lowest BCUT2D eigenvalue weighted by atomic mass is 10.1. The van der Waals surface area contributed by atoms with E-state index < -0.39 is 0 Å². The Kier molecular flexibility index (Phi) is 2.92. The normalized spacial score (nSPS) is 16.3. The van der Waals surface area contributed by atoms with E-state index in [9.17, 15) is 0 Å². The SMILES string of the molecule is C=COC(C)C(C)=C1C=CC=C1. The first-order valence-corrected chi connectivity index (χ1v) is 4.07. The number of hydrogen-bond donors (Lipinski definition) is 0. The van der Waals surface area contributed by atoms with Crippen molar-refractivity contribution in [1.82, 2.24) is 0 Å². The Morgan fingerprint density at radius 3 is 2.58 bits per heavy atom. The molecule has 0 aromatic rings. The summed E-state index contributed by atoms with van der Waals surface area (Å²) in [5.74, 6) is 0. The van der Waals surface area contributed by atoms with Gasteiger partial charge in [-0.2, -0.15) is 0 Å². The van der Waals surface area contributed by atoms with E-state index >= 15 is 0 Å². The second-order valence-electron chi connectivity index (χ2n) is 2.80. The molecule has 64 valence electrons. The van der Waals surface area contributed by atoms with Gasteiger partial charge in [0.25, 0.3) is 0 Å². The van der Waals surface area contributed by atoms with Crippen LogP contribution < -0.4 is 0 Å². The highest BCUT2D eigenvalue weighted by molar-refractivity contribution is 5.43. The molecule has 0 saturated carbocycles. The fraction of sp³-hybridized carbons (Fsp3) is 0.273. The van der Waals surface area contributed by atoms with Crippen molar-refractivity contribution < 1.29 is 4.74 Å². The largest absolute Gasteiger partial charge is 0.495 e. The van der Waals surface area contributed by atoms with E-state index in [0.29, 0.717) is 0 Å². The highest BCUT2D eigenvalue weighted by atomic mass is 16.5. The van der Waals surface area contributed by atoms with Crippen LogP contribution in [0.2, 0.25) is 0 Å². The van der Waals surface area contributed by atoms with Gasteiger partial charge in [0.1, 0.15) is 6.10 Å². The third-order valence-corrected chi connectivity index (χ3v) is 2.03. The molecule has 0 fully saturated rings. The molecule has 12 heavy (non-hydrogen) atoms. The molecule has 1 nitrogen and oxygen atoms in total. The average molecular weight is 162 g/mol. The van der Waals surface area contributed by atoms with Gasteiger partial charge in [0.15, 0.2) is 0 Å². The molecule has 1 aliphatic rings. The minimum atomic E-state index is 0.116. The van der Waals surface area contributed by atoms with Crippen LogP contribution in [-0.4, -0.2) is 6.10 Å². The van der Waals surface area contributed by atoms with Gasteiger partial charge in [0, 0.05) is 0 Å². The standard InChI is InChI=1S/C11H14O/c1-4-12-10(3)9(2)11-7-5-6-8-11/h4-8,10H,1H2,2-3H3. The second-order valence-corrected chi connectivity index (χ2v) is 2.80. The summed E-state index contributed by atoms with van der Waals surface area (Å²) in [6.45, 7) is 7.62. The first-order chi connectivity index (χ1) is 5.75. The Bertz CT molecular complexity index is 242.